The largest absolute Gasteiger partial charge is 0.352 e. The van der Waals surface area contributed by atoms with E-state index in [2.05, 4.69) is 39.0 Å². The van der Waals surface area contributed by atoms with Crippen LogP contribution in [0.4, 0.5) is 11.9 Å². The zero-order chi connectivity index (χ0) is 13.7. The Morgan fingerprint density at radius 1 is 1.26 bits per heavy atom. The molecule has 1 unspecified atom stereocenters. The number of hydrogen-bond donors (Lipinski definition) is 1. The molecule has 1 aliphatic heterocycles. The first kappa shape index (κ1) is 14.3. The summed E-state index contributed by atoms with van der Waals surface area (Å²) in [6.45, 7) is 6.34. The highest BCUT2D eigenvalue weighted by Crippen LogP contribution is 2.19. The lowest BCUT2D eigenvalue weighted by molar-refractivity contribution is 0.640. The number of rotatable bonds is 6. The maximum absolute atomic E-state index is 5.99. The normalized spacial score (nSPS) is 16.7. The lowest BCUT2D eigenvalue weighted by Crippen LogP contribution is -2.23. The summed E-state index contributed by atoms with van der Waals surface area (Å²) < 4.78 is 0. The van der Waals surface area contributed by atoms with Crippen molar-refractivity contribution in [2.75, 3.05) is 23.3 Å². The first-order valence-corrected chi connectivity index (χ1v) is 7.50. The van der Waals surface area contributed by atoms with Gasteiger partial charge in [-0.05, 0) is 37.8 Å². The molecule has 0 amide bonds. The van der Waals surface area contributed by atoms with Crippen molar-refractivity contribution in [1.29, 1.82) is 0 Å². The molecule has 2 rings (SSSR count). The van der Waals surface area contributed by atoms with E-state index in [4.69, 9.17) is 11.6 Å². The zero-order valence-corrected chi connectivity index (χ0v) is 12.4. The van der Waals surface area contributed by atoms with Gasteiger partial charge in [0, 0.05) is 19.1 Å². The summed E-state index contributed by atoms with van der Waals surface area (Å²) in [7, 11) is 0. The molecule has 1 aromatic heterocycles. The third kappa shape index (κ3) is 4.20. The van der Waals surface area contributed by atoms with Gasteiger partial charge in [-0.25, -0.2) is 0 Å². The summed E-state index contributed by atoms with van der Waals surface area (Å²) in [6.07, 6.45) is 5.89. The van der Waals surface area contributed by atoms with E-state index in [1.807, 2.05) is 0 Å². The Labute approximate surface area is 119 Å². The standard InChI is InChI=1S/C13H22ClN5/c1-3-4-7-10(2)15-12-16-11(14)17-13(18-12)19-8-5-6-9-19/h10H,3-9H2,1-2H3,(H,15,16,17,18). The number of aromatic nitrogens is 3. The van der Waals surface area contributed by atoms with Gasteiger partial charge in [-0.1, -0.05) is 19.8 Å². The van der Waals surface area contributed by atoms with Crippen LogP contribution in [0.5, 0.6) is 0 Å². The van der Waals surface area contributed by atoms with Crippen LogP contribution in [0.1, 0.15) is 46.0 Å². The SMILES string of the molecule is CCCCC(C)Nc1nc(Cl)nc(N2CCCC2)n1. The maximum atomic E-state index is 5.99. The van der Waals surface area contributed by atoms with Gasteiger partial charge in [0.05, 0.1) is 0 Å². The molecular weight excluding hydrogens is 262 g/mol. The molecule has 6 heteroatoms. The van der Waals surface area contributed by atoms with Crippen LogP contribution >= 0.6 is 11.6 Å². The van der Waals surface area contributed by atoms with Crippen molar-refractivity contribution in [1.82, 2.24) is 15.0 Å². The monoisotopic (exact) mass is 283 g/mol. The lowest BCUT2D eigenvalue weighted by atomic mass is 10.1. The third-order valence-electron chi connectivity index (χ3n) is 3.35. The van der Waals surface area contributed by atoms with Crippen LogP contribution in [-0.2, 0) is 0 Å². The minimum absolute atomic E-state index is 0.266. The van der Waals surface area contributed by atoms with Crippen LogP contribution in [0.25, 0.3) is 0 Å². The highest BCUT2D eigenvalue weighted by molar-refractivity contribution is 6.28. The molecule has 19 heavy (non-hydrogen) atoms. The molecule has 1 atom stereocenters. The number of nitrogens with one attached hydrogen (secondary N) is 1. The molecule has 1 fully saturated rings. The molecule has 2 heterocycles. The minimum atomic E-state index is 0.266. The Balaban J connectivity index is 2.03. The van der Waals surface area contributed by atoms with E-state index in [0.717, 1.165) is 19.5 Å². The summed E-state index contributed by atoms with van der Waals surface area (Å²) in [4.78, 5) is 15.0. The van der Waals surface area contributed by atoms with Crippen LogP contribution in [0.2, 0.25) is 5.28 Å². The first-order chi connectivity index (χ1) is 9.19. The third-order valence-corrected chi connectivity index (χ3v) is 3.52. The molecule has 106 valence electrons. The smallest absolute Gasteiger partial charge is 0.231 e. The van der Waals surface area contributed by atoms with Gasteiger partial charge >= 0.3 is 0 Å². The van der Waals surface area contributed by atoms with Gasteiger partial charge in [0.1, 0.15) is 0 Å². The number of anilines is 2. The van der Waals surface area contributed by atoms with Crippen molar-refractivity contribution >= 4 is 23.5 Å². The van der Waals surface area contributed by atoms with Crippen molar-refractivity contribution in [2.45, 2.75) is 52.0 Å². The average molecular weight is 284 g/mol. The average Bonchev–Trinajstić information content (AvgIpc) is 2.89. The van der Waals surface area contributed by atoms with Gasteiger partial charge in [-0.3, -0.25) is 0 Å². The Morgan fingerprint density at radius 3 is 2.68 bits per heavy atom. The van der Waals surface area contributed by atoms with Crippen LogP contribution in [0, 0.1) is 0 Å². The molecule has 1 N–H and O–H groups in total. The molecule has 5 nitrogen and oxygen atoms in total. The van der Waals surface area contributed by atoms with Crippen molar-refractivity contribution in [3.05, 3.63) is 5.28 Å². The lowest BCUT2D eigenvalue weighted by Gasteiger charge is -2.17. The van der Waals surface area contributed by atoms with E-state index in [1.165, 1.54) is 25.7 Å². The number of nitrogens with zero attached hydrogens (tertiary/aromatic N) is 4. The summed E-state index contributed by atoms with van der Waals surface area (Å²) in [5.74, 6) is 1.29. The van der Waals surface area contributed by atoms with Gasteiger partial charge in [-0.15, -0.1) is 0 Å². The van der Waals surface area contributed by atoms with E-state index in [-0.39, 0.29) is 5.28 Å². The Bertz CT molecular complexity index is 406. The highest BCUT2D eigenvalue weighted by atomic mass is 35.5. The quantitative estimate of drug-likeness (QED) is 0.869. The fraction of sp³-hybridized carbons (Fsp3) is 0.769. The van der Waals surface area contributed by atoms with Crippen molar-refractivity contribution in [2.24, 2.45) is 0 Å². The molecule has 0 bridgehead atoms. The number of unbranched alkanes of at least 4 members (excludes halogenated alkanes) is 1. The second kappa shape index (κ2) is 6.89. The highest BCUT2D eigenvalue weighted by Gasteiger charge is 2.17. The topological polar surface area (TPSA) is 53.9 Å². The molecule has 1 aliphatic rings. The van der Waals surface area contributed by atoms with Crippen LogP contribution in [-0.4, -0.2) is 34.1 Å². The molecular formula is C13H22ClN5. The molecule has 1 saturated heterocycles. The molecule has 0 radical (unpaired) electrons. The second-order valence-electron chi connectivity index (χ2n) is 5.11. The van der Waals surface area contributed by atoms with Crippen LogP contribution in [0.15, 0.2) is 0 Å². The van der Waals surface area contributed by atoms with Crippen LogP contribution in [0.3, 0.4) is 0 Å². The molecule has 0 spiro atoms. The summed E-state index contributed by atoms with van der Waals surface area (Å²) in [5.41, 5.74) is 0. The summed E-state index contributed by atoms with van der Waals surface area (Å²) in [6, 6.07) is 0.352. The van der Waals surface area contributed by atoms with E-state index in [9.17, 15) is 0 Å². The number of hydrogen-bond acceptors (Lipinski definition) is 5. The fourth-order valence-electron chi connectivity index (χ4n) is 2.27. The summed E-state index contributed by atoms with van der Waals surface area (Å²) >= 11 is 5.99. The Kier molecular flexibility index (Phi) is 5.19. The molecule has 0 aliphatic carbocycles. The van der Waals surface area contributed by atoms with Gasteiger partial charge < -0.3 is 10.2 Å². The summed E-state index contributed by atoms with van der Waals surface area (Å²) in [5, 5.41) is 3.57. The van der Waals surface area contributed by atoms with Crippen molar-refractivity contribution < 1.29 is 0 Å². The minimum Gasteiger partial charge on any atom is -0.352 e. The first-order valence-electron chi connectivity index (χ1n) is 7.12. The van der Waals surface area contributed by atoms with E-state index >= 15 is 0 Å². The Morgan fingerprint density at radius 2 is 2.00 bits per heavy atom. The van der Waals surface area contributed by atoms with Gasteiger partial charge in [0.2, 0.25) is 17.2 Å². The van der Waals surface area contributed by atoms with Crippen LogP contribution < -0.4 is 10.2 Å². The van der Waals surface area contributed by atoms with Gasteiger partial charge in [-0.2, -0.15) is 15.0 Å². The van der Waals surface area contributed by atoms with E-state index < -0.39 is 0 Å². The van der Waals surface area contributed by atoms with Crippen molar-refractivity contribution in [3.63, 3.8) is 0 Å². The Hall–Kier alpha value is -1.10. The molecule has 0 aromatic carbocycles. The fourth-order valence-corrected chi connectivity index (χ4v) is 2.42. The predicted molar refractivity (Wildman–Crippen MR) is 78.9 cm³/mol. The van der Waals surface area contributed by atoms with Gasteiger partial charge in [0.15, 0.2) is 0 Å². The maximum Gasteiger partial charge on any atom is 0.231 e. The van der Waals surface area contributed by atoms with E-state index in [0.29, 0.717) is 17.9 Å². The molecule has 1 aromatic rings. The number of halogens is 1. The van der Waals surface area contributed by atoms with Crippen molar-refractivity contribution in [3.8, 4) is 0 Å². The van der Waals surface area contributed by atoms with Gasteiger partial charge in [0.25, 0.3) is 0 Å². The predicted octanol–water partition coefficient (Wildman–Crippen LogP) is 3.12. The second-order valence-corrected chi connectivity index (χ2v) is 5.45. The van der Waals surface area contributed by atoms with E-state index in [1.54, 1.807) is 0 Å². The zero-order valence-electron chi connectivity index (χ0n) is 11.7. The molecule has 0 saturated carbocycles.